The van der Waals surface area contributed by atoms with Gasteiger partial charge in [0.25, 0.3) is 11.8 Å². The highest BCUT2D eigenvalue weighted by Crippen LogP contribution is 2.40. The summed E-state index contributed by atoms with van der Waals surface area (Å²) < 4.78 is 37.6. The molecule has 3 amide bonds. The van der Waals surface area contributed by atoms with E-state index >= 15 is 0 Å². The molecular formula is C16H18N6O10S2. The Morgan fingerprint density at radius 2 is 2.12 bits per heavy atom. The molecular weight excluding hydrogens is 500 g/mol. The van der Waals surface area contributed by atoms with Gasteiger partial charge >= 0.3 is 22.4 Å². The van der Waals surface area contributed by atoms with Crippen molar-refractivity contribution >= 4 is 56.4 Å². The van der Waals surface area contributed by atoms with Crippen molar-refractivity contribution in [2.24, 2.45) is 5.16 Å². The number of β-lactam (4-membered cyclic amide) rings is 1. The van der Waals surface area contributed by atoms with Gasteiger partial charge in [0.1, 0.15) is 18.3 Å². The molecule has 5 N–H and O–H groups in total. The van der Waals surface area contributed by atoms with E-state index in [-0.39, 0.29) is 47.7 Å². The molecule has 3 aliphatic rings. The fraction of sp³-hybridized carbons (Fsp3) is 0.500. The molecule has 1 saturated carbocycles. The molecule has 0 bridgehead atoms. The normalized spacial score (nSPS) is 23.9. The van der Waals surface area contributed by atoms with Gasteiger partial charge in [-0.1, -0.05) is 5.16 Å². The van der Waals surface area contributed by atoms with Gasteiger partial charge in [-0.3, -0.25) is 14.1 Å². The van der Waals surface area contributed by atoms with Gasteiger partial charge in [0.2, 0.25) is 5.60 Å². The molecule has 2 saturated heterocycles. The van der Waals surface area contributed by atoms with Gasteiger partial charge in [0.05, 0.1) is 12.6 Å². The first-order valence-electron chi connectivity index (χ1n) is 9.67. The van der Waals surface area contributed by atoms with Crippen LogP contribution in [0.5, 0.6) is 0 Å². The van der Waals surface area contributed by atoms with Gasteiger partial charge in [0, 0.05) is 24.8 Å². The number of cyclic esters (lactones) is 1. The molecule has 1 aromatic rings. The lowest BCUT2D eigenvalue weighted by molar-refractivity contribution is -0.153. The number of carbonyl (C=O) groups is 4. The zero-order valence-corrected chi connectivity index (χ0v) is 18.7. The number of ether oxygens (including phenoxy) is 1. The summed E-state index contributed by atoms with van der Waals surface area (Å²) in [6.45, 7) is -0.198. The van der Waals surface area contributed by atoms with E-state index < -0.39 is 57.6 Å². The first-order chi connectivity index (χ1) is 15.9. The van der Waals surface area contributed by atoms with Crippen LogP contribution in [-0.2, 0) is 34.3 Å². The maximum Gasteiger partial charge on any atom is 0.410 e. The quantitative estimate of drug-likeness (QED) is 0.120. The number of nitrogen functional groups attached to an aromatic ring is 1. The number of nitrogens with one attached hydrogen (secondary N) is 1. The SMILES string of the molecule is Nc1nc(/C(=N\OC2(C(=O)O)CC2)C(=O)N[C@@H]2C(=O)N(S(=O)(=O)O)[C@@H]2CN2CCOC2=O)cs1. The van der Waals surface area contributed by atoms with Gasteiger partial charge in [-0.15, -0.1) is 11.3 Å². The van der Waals surface area contributed by atoms with Crippen LogP contribution in [0.4, 0.5) is 9.93 Å². The highest BCUT2D eigenvalue weighted by Gasteiger charge is 2.56. The molecule has 4 rings (SSSR count). The number of hydrogen-bond donors (Lipinski definition) is 4. The highest BCUT2D eigenvalue weighted by atomic mass is 32.2. The smallest absolute Gasteiger partial charge is 0.410 e. The van der Waals surface area contributed by atoms with Gasteiger partial charge in [-0.05, 0) is 0 Å². The molecule has 1 aromatic heterocycles. The maximum absolute atomic E-state index is 13.0. The van der Waals surface area contributed by atoms with Crippen LogP contribution in [0.1, 0.15) is 18.5 Å². The molecule has 1 aliphatic carbocycles. The first kappa shape index (κ1) is 23.6. The third-order valence-corrected chi connectivity index (χ3v) is 6.96. The summed E-state index contributed by atoms with van der Waals surface area (Å²) >= 11 is 0.959. The van der Waals surface area contributed by atoms with Crippen molar-refractivity contribution in [2.75, 3.05) is 25.4 Å². The Bertz CT molecular complexity index is 1190. The summed E-state index contributed by atoms with van der Waals surface area (Å²) in [5.41, 5.74) is 3.44. The summed E-state index contributed by atoms with van der Waals surface area (Å²) in [7, 11) is -4.99. The van der Waals surface area contributed by atoms with Crippen molar-refractivity contribution < 1.29 is 46.8 Å². The standard InChI is InChI=1S/C16H18N6O10S2/c17-14-18-7(6-33-14)9(20-32-16(1-2-16)13(25)26)11(23)19-10-8(5-21-3-4-31-15(21)27)22(12(10)24)34(28,29)30/h6,8,10H,1-5H2,(H2,17,18)(H,19,23)(H,25,26)(H,28,29,30)/b20-9+/t8-,10+/m1/s1. The molecule has 3 heterocycles. The largest absolute Gasteiger partial charge is 0.478 e. The Morgan fingerprint density at radius 1 is 1.41 bits per heavy atom. The first-order valence-corrected chi connectivity index (χ1v) is 11.9. The number of oxime groups is 1. The van der Waals surface area contributed by atoms with E-state index in [1.54, 1.807) is 0 Å². The minimum atomic E-state index is -4.99. The van der Waals surface area contributed by atoms with Crippen molar-refractivity contribution in [3.05, 3.63) is 11.1 Å². The molecule has 2 atom stereocenters. The molecule has 184 valence electrons. The zero-order chi connectivity index (χ0) is 24.8. The van der Waals surface area contributed by atoms with Gasteiger partial charge in [0.15, 0.2) is 10.8 Å². The van der Waals surface area contributed by atoms with E-state index in [4.69, 9.17) is 15.3 Å². The van der Waals surface area contributed by atoms with E-state index in [0.29, 0.717) is 0 Å². The van der Waals surface area contributed by atoms with E-state index in [0.717, 1.165) is 16.2 Å². The number of aliphatic carboxylic acids is 1. The van der Waals surface area contributed by atoms with Crippen molar-refractivity contribution in [1.29, 1.82) is 0 Å². The fourth-order valence-corrected chi connectivity index (χ4v) is 4.78. The predicted octanol–water partition coefficient (Wildman–Crippen LogP) is -1.99. The number of carbonyl (C=O) groups excluding carboxylic acids is 3. The van der Waals surface area contributed by atoms with Gasteiger partial charge < -0.3 is 30.6 Å². The average molecular weight is 518 g/mol. The number of thiazole rings is 1. The highest BCUT2D eigenvalue weighted by molar-refractivity contribution is 7.84. The van der Waals surface area contributed by atoms with Crippen LogP contribution in [0, 0.1) is 0 Å². The molecule has 16 nitrogen and oxygen atoms in total. The van der Waals surface area contributed by atoms with E-state index in [9.17, 15) is 37.3 Å². The lowest BCUT2D eigenvalue weighted by Crippen LogP contribution is -2.74. The monoisotopic (exact) mass is 518 g/mol. The summed E-state index contributed by atoms with van der Waals surface area (Å²) in [5, 5.41) is 16.6. The van der Waals surface area contributed by atoms with E-state index in [2.05, 4.69) is 15.5 Å². The number of amides is 3. The van der Waals surface area contributed by atoms with Crippen LogP contribution in [0.15, 0.2) is 10.5 Å². The summed E-state index contributed by atoms with van der Waals surface area (Å²) in [6, 6.07) is -2.81. The number of nitrogens with zero attached hydrogens (tertiary/aromatic N) is 4. The zero-order valence-electron chi connectivity index (χ0n) is 17.1. The summed E-state index contributed by atoms with van der Waals surface area (Å²) in [6.07, 6.45) is -0.423. The lowest BCUT2D eigenvalue weighted by Gasteiger charge is -2.45. The van der Waals surface area contributed by atoms with Crippen LogP contribution in [0.25, 0.3) is 0 Å². The Balaban J connectivity index is 1.57. The van der Waals surface area contributed by atoms with Crippen molar-refractivity contribution in [3.8, 4) is 0 Å². The Hall–Kier alpha value is -3.51. The Labute approximate surface area is 195 Å². The second kappa shape index (κ2) is 8.37. The maximum atomic E-state index is 13.0. The van der Waals surface area contributed by atoms with Crippen LogP contribution in [-0.4, -0.2) is 99.2 Å². The molecule has 2 aliphatic heterocycles. The molecule has 18 heteroatoms. The Morgan fingerprint density at radius 3 is 2.62 bits per heavy atom. The predicted molar refractivity (Wildman–Crippen MR) is 111 cm³/mol. The lowest BCUT2D eigenvalue weighted by atomic mass is 9.97. The molecule has 0 unspecified atom stereocenters. The number of hydrogen-bond acceptors (Lipinski definition) is 12. The third kappa shape index (κ3) is 4.33. The van der Waals surface area contributed by atoms with Crippen molar-refractivity contribution in [2.45, 2.75) is 30.5 Å². The summed E-state index contributed by atoms with van der Waals surface area (Å²) in [4.78, 5) is 58.6. The van der Waals surface area contributed by atoms with Crippen molar-refractivity contribution in [1.82, 2.24) is 19.5 Å². The average Bonchev–Trinajstić information content (AvgIpc) is 3.26. The topological polar surface area (TPSA) is 231 Å². The van der Waals surface area contributed by atoms with Crippen LogP contribution < -0.4 is 11.1 Å². The minimum Gasteiger partial charge on any atom is -0.478 e. The number of carboxylic acids is 1. The molecule has 3 fully saturated rings. The van der Waals surface area contributed by atoms with E-state index in [1.165, 1.54) is 5.38 Å². The fourth-order valence-electron chi connectivity index (χ4n) is 3.36. The number of rotatable bonds is 9. The number of carboxylic acid groups (broad SMARTS) is 1. The number of aromatic nitrogens is 1. The minimum absolute atomic E-state index is 0.0487. The van der Waals surface area contributed by atoms with Crippen molar-refractivity contribution in [3.63, 3.8) is 0 Å². The van der Waals surface area contributed by atoms with Crippen LogP contribution in [0.3, 0.4) is 0 Å². The molecule has 0 aromatic carbocycles. The third-order valence-electron chi connectivity index (χ3n) is 5.34. The second-order valence-electron chi connectivity index (χ2n) is 7.59. The number of nitrogens with two attached hydrogens (primary N) is 1. The van der Waals surface area contributed by atoms with Crippen LogP contribution >= 0.6 is 11.3 Å². The molecule has 0 spiro atoms. The second-order valence-corrected chi connectivity index (χ2v) is 9.77. The van der Waals surface area contributed by atoms with Crippen LogP contribution in [0.2, 0.25) is 0 Å². The number of anilines is 1. The Kier molecular flexibility index (Phi) is 5.82. The molecule has 0 radical (unpaired) electrons. The van der Waals surface area contributed by atoms with E-state index in [1.807, 2.05) is 0 Å². The molecule has 34 heavy (non-hydrogen) atoms. The summed E-state index contributed by atoms with van der Waals surface area (Å²) in [5.74, 6) is -3.48. The van der Waals surface area contributed by atoms with Gasteiger partial charge in [-0.25, -0.2) is 18.9 Å². The van der Waals surface area contributed by atoms with Gasteiger partial charge in [-0.2, -0.15) is 8.42 Å².